The van der Waals surface area contributed by atoms with Crippen LogP contribution in [-0.2, 0) is 4.79 Å². The summed E-state index contributed by atoms with van der Waals surface area (Å²) in [6.45, 7) is 0.346. The highest BCUT2D eigenvalue weighted by atomic mass is 19.3. The Hall–Kier alpha value is -2.25. The van der Waals surface area contributed by atoms with Crippen molar-refractivity contribution in [3.05, 3.63) is 33.9 Å². The van der Waals surface area contributed by atoms with Crippen molar-refractivity contribution in [1.82, 2.24) is 5.32 Å². The van der Waals surface area contributed by atoms with Gasteiger partial charge < -0.3 is 10.6 Å². The van der Waals surface area contributed by atoms with Crippen LogP contribution >= 0.6 is 0 Å². The largest absolute Gasteiger partial charge is 0.380 e. The summed E-state index contributed by atoms with van der Waals surface area (Å²) in [6, 6.07) is 2.95. The van der Waals surface area contributed by atoms with Crippen LogP contribution in [-0.4, -0.2) is 23.4 Å². The summed E-state index contributed by atoms with van der Waals surface area (Å²) in [5, 5.41) is 15.9. The maximum atomic E-state index is 12.9. The fourth-order valence-electron chi connectivity index (χ4n) is 1.90. The number of carbonyl (C=O) groups is 1. The number of halogens is 2. The Kier molecular flexibility index (Phi) is 3.59. The minimum absolute atomic E-state index is 0.113. The van der Waals surface area contributed by atoms with Crippen molar-refractivity contribution in [2.24, 2.45) is 0 Å². The van der Waals surface area contributed by atoms with E-state index in [2.05, 4.69) is 10.6 Å². The van der Waals surface area contributed by atoms with E-state index < -0.39 is 16.9 Å². The molecular weight excluding hydrogens is 260 g/mol. The lowest BCUT2D eigenvalue weighted by molar-refractivity contribution is -0.385. The van der Waals surface area contributed by atoms with E-state index in [1.165, 1.54) is 6.07 Å². The van der Waals surface area contributed by atoms with E-state index >= 15 is 0 Å². The number of amides is 1. The molecule has 1 atom stereocenters. The lowest BCUT2D eigenvalue weighted by Gasteiger charge is -2.15. The first-order chi connectivity index (χ1) is 8.97. The minimum atomic E-state index is -2.83. The van der Waals surface area contributed by atoms with Gasteiger partial charge in [-0.1, -0.05) is 0 Å². The first kappa shape index (κ1) is 13.2. The molecule has 1 aliphatic rings. The number of hydrogen-bond acceptors (Lipinski definition) is 4. The van der Waals surface area contributed by atoms with Crippen molar-refractivity contribution in [3.8, 4) is 0 Å². The Morgan fingerprint density at radius 3 is 2.74 bits per heavy atom. The van der Waals surface area contributed by atoms with Gasteiger partial charge in [0.25, 0.3) is 12.1 Å². The van der Waals surface area contributed by atoms with Crippen LogP contribution in [0.2, 0.25) is 0 Å². The van der Waals surface area contributed by atoms with Gasteiger partial charge in [-0.2, -0.15) is 0 Å². The molecule has 1 fully saturated rings. The first-order valence-corrected chi connectivity index (χ1v) is 5.57. The maximum Gasteiger partial charge on any atom is 0.270 e. The van der Waals surface area contributed by atoms with Gasteiger partial charge in [0.2, 0.25) is 5.91 Å². The van der Waals surface area contributed by atoms with Gasteiger partial charge in [0.05, 0.1) is 11.0 Å². The fourth-order valence-corrected chi connectivity index (χ4v) is 1.90. The third kappa shape index (κ3) is 2.95. The second-order valence-corrected chi connectivity index (χ2v) is 4.18. The van der Waals surface area contributed by atoms with Gasteiger partial charge in [0.15, 0.2) is 0 Å². The van der Waals surface area contributed by atoms with E-state index in [-0.39, 0.29) is 29.7 Å². The molecule has 2 rings (SSSR count). The smallest absolute Gasteiger partial charge is 0.270 e. The van der Waals surface area contributed by atoms with Gasteiger partial charge in [0.1, 0.15) is 0 Å². The number of nitro benzene ring substituents is 1. The topological polar surface area (TPSA) is 84.3 Å². The van der Waals surface area contributed by atoms with Crippen LogP contribution in [0.3, 0.4) is 0 Å². The van der Waals surface area contributed by atoms with E-state index in [0.29, 0.717) is 6.54 Å². The van der Waals surface area contributed by atoms with Crippen LogP contribution < -0.4 is 10.6 Å². The molecule has 1 aliphatic heterocycles. The highest BCUT2D eigenvalue weighted by Gasteiger charge is 2.24. The molecule has 1 saturated heterocycles. The second-order valence-electron chi connectivity index (χ2n) is 4.18. The summed E-state index contributed by atoms with van der Waals surface area (Å²) in [5.74, 6) is -0.155. The molecule has 0 aliphatic carbocycles. The van der Waals surface area contributed by atoms with Gasteiger partial charge in [-0.15, -0.1) is 0 Å². The van der Waals surface area contributed by atoms with Crippen molar-refractivity contribution < 1.29 is 18.5 Å². The van der Waals surface area contributed by atoms with Crippen LogP contribution in [0.1, 0.15) is 18.4 Å². The van der Waals surface area contributed by atoms with Gasteiger partial charge in [-0.3, -0.25) is 14.9 Å². The van der Waals surface area contributed by atoms with E-state index in [1.807, 2.05) is 0 Å². The number of carbonyl (C=O) groups excluding carboxylic acids is 1. The van der Waals surface area contributed by atoms with E-state index in [9.17, 15) is 23.7 Å². The number of alkyl halides is 2. The zero-order chi connectivity index (χ0) is 14.0. The molecule has 19 heavy (non-hydrogen) atoms. The lowest BCUT2D eigenvalue weighted by atomic mass is 10.1. The number of rotatable bonds is 4. The number of nitro groups is 1. The standard InChI is InChI=1S/C11H11F2N3O3/c12-11(13)8-4-7(16(18)19)1-2-9(8)15-6-3-10(17)14-5-6/h1-2,4,6,11,15H,3,5H2,(H,14,17). The number of nitrogens with one attached hydrogen (secondary N) is 2. The number of benzene rings is 1. The summed E-state index contributed by atoms with van der Waals surface area (Å²) >= 11 is 0. The van der Waals surface area contributed by atoms with Crippen LogP contribution in [0, 0.1) is 10.1 Å². The molecule has 0 radical (unpaired) electrons. The number of anilines is 1. The van der Waals surface area contributed by atoms with Gasteiger partial charge in [0, 0.05) is 36.3 Å². The van der Waals surface area contributed by atoms with Crippen molar-refractivity contribution >= 4 is 17.3 Å². The third-order valence-corrected chi connectivity index (χ3v) is 2.82. The van der Waals surface area contributed by atoms with E-state index in [4.69, 9.17) is 0 Å². The molecule has 8 heteroatoms. The van der Waals surface area contributed by atoms with Crippen LogP contribution in [0.25, 0.3) is 0 Å². The summed E-state index contributed by atoms with van der Waals surface area (Å²) in [7, 11) is 0. The Bertz CT molecular complexity index is 522. The summed E-state index contributed by atoms with van der Waals surface area (Å²) in [4.78, 5) is 20.9. The predicted octanol–water partition coefficient (Wildman–Crippen LogP) is 1.83. The summed E-state index contributed by atoms with van der Waals surface area (Å²) in [5.41, 5.74) is -0.711. The molecule has 1 aromatic rings. The highest BCUT2D eigenvalue weighted by molar-refractivity contribution is 5.79. The third-order valence-electron chi connectivity index (χ3n) is 2.82. The molecule has 0 spiro atoms. The molecule has 0 aromatic heterocycles. The average molecular weight is 271 g/mol. The van der Waals surface area contributed by atoms with E-state index in [1.54, 1.807) is 0 Å². The van der Waals surface area contributed by atoms with Crippen LogP contribution in [0.15, 0.2) is 18.2 Å². The molecule has 1 amide bonds. The molecule has 102 valence electrons. The van der Waals surface area contributed by atoms with Crippen molar-refractivity contribution in [2.75, 3.05) is 11.9 Å². The van der Waals surface area contributed by atoms with Crippen LogP contribution in [0.4, 0.5) is 20.2 Å². The quantitative estimate of drug-likeness (QED) is 0.646. The van der Waals surface area contributed by atoms with Gasteiger partial charge in [-0.25, -0.2) is 8.78 Å². The molecular formula is C11H11F2N3O3. The Balaban J connectivity index is 2.24. The number of hydrogen-bond donors (Lipinski definition) is 2. The molecule has 0 saturated carbocycles. The first-order valence-electron chi connectivity index (χ1n) is 5.57. The summed E-state index contributed by atoms with van der Waals surface area (Å²) in [6.07, 6.45) is -2.63. The monoisotopic (exact) mass is 271 g/mol. The van der Waals surface area contributed by atoms with Crippen molar-refractivity contribution in [1.29, 1.82) is 0 Å². The van der Waals surface area contributed by atoms with Crippen LogP contribution in [0.5, 0.6) is 0 Å². The number of non-ortho nitro benzene ring substituents is 1. The zero-order valence-corrected chi connectivity index (χ0v) is 9.73. The normalized spacial score (nSPS) is 18.5. The highest BCUT2D eigenvalue weighted by Crippen LogP contribution is 2.31. The van der Waals surface area contributed by atoms with Crippen molar-refractivity contribution in [2.45, 2.75) is 18.9 Å². The summed E-state index contributed by atoms with van der Waals surface area (Å²) < 4.78 is 25.8. The molecule has 2 N–H and O–H groups in total. The molecule has 1 unspecified atom stereocenters. The Morgan fingerprint density at radius 2 is 2.21 bits per heavy atom. The van der Waals surface area contributed by atoms with Crippen molar-refractivity contribution in [3.63, 3.8) is 0 Å². The predicted molar refractivity (Wildman–Crippen MR) is 63.1 cm³/mol. The molecule has 1 aromatic carbocycles. The zero-order valence-electron chi connectivity index (χ0n) is 9.73. The Morgan fingerprint density at radius 1 is 1.47 bits per heavy atom. The lowest BCUT2D eigenvalue weighted by Crippen LogP contribution is -2.23. The number of nitrogens with zero attached hydrogens (tertiary/aromatic N) is 1. The second kappa shape index (κ2) is 5.17. The van der Waals surface area contributed by atoms with E-state index in [0.717, 1.165) is 12.1 Å². The van der Waals surface area contributed by atoms with Gasteiger partial charge in [-0.05, 0) is 6.07 Å². The maximum absolute atomic E-state index is 12.9. The molecule has 1 heterocycles. The molecule has 6 nitrogen and oxygen atoms in total. The SMILES string of the molecule is O=C1CC(Nc2ccc([N+](=O)[O-])cc2C(F)F)CN1. The van der Waals surface area contributed by atoms with Gasteiger partial charge >= 0.3 is 0 Å². The minimum Gasteiger partial charge on any atom is -0.380 e. The average Bonchev–Trinajstić information content (AvgIpc) is 2.74. The molecule has 0 bridgehead atoms. The Labute approximate surface area is 106 Å². The fraction of sp³-hybridized carbons (Fsp3) is 0.364.